The summed E-state index contributed by atoms with van der Waals surface area (Å²) >= 11 is 0. The molecular weight excluding hydrogens is 164 g/mol. The minimum absolute atomic E-state index is 0.483. The van der Waals surface area contributed by atoms with E-state index in [1.165, 1.54) is 5.56 Å². The minimum Gasteiger partial charge on any atom is -0.397 e. The van der Waals surface area contributed by atoms with Crippen molar-refractivity contribution in [3.63, 3.8) is 0 Å². The Kier molecular flexibility index (Phi) is 3.58. The molecule has 0 amide bonds. The third kappa shape index (κ3) is 2.63. The first kappa shape index (κ1) is 9.86. The van der Waals surface area contributed by atoms with Crippen molar-refractivity contribution in [2.45, 2.75) is 13.3 Å². The molecule has 72 valence electrons. The van der Waals surface area contributed by atoms with Gasteiger partial charge < -0.3 is 15.8 Å². The number of rotatable bonds is 4. The Morgan fingerprint density at radius 1 is 1.46 bits per heavy atom. The van der Waals surface area contributed by atoms with Gasteiger partial charge in [0.15, 0.2) is 0 Å². The van der Waals surface area contributed by atoms with Crippen LogP contribution in [0.1, 0.15) is 12.5 Å². The number of benzene rings is 1. The highest BCUT2D eigenvalue weighted by atomic mass is 16.5. The molecule has 3 N–H and O–H groups in total. The zero-order valence-corrected chi connectivity index (χ0v) is 8.13. The zero-order chi connectivity index (χ0) is 9.68. The monoisotopic (exact) mass is 180 g/mol. The van der Waals surface area contributed by atoms with Crippen LogP contribution in [0.3, 0.4) is 0 Å². The highest BCUT2D eigenvalue weighted by molar-refractivity contribution is 5.66. The van der Waals surface area contributed by atoms with Gasteiger partial charge in [0.2, 0.25) is 0 Å². The lowest BCUT2D eigenvalue weighted by Gasteiger charge is -2.09. The van der Waals surface area contributed by atoms with Gasteiger partial charge in [-0.05, 0) is 24.1 Å². The fourth-order valence-electron chi connectivity index (χ4n) is 1.13. The van der Waals surface area contributed by atoms with Gasteiger partial charge in [-0.2, -0.15) is 0 Å². The summed E-state index contributed by atoms with van der Waals surface area (Å²) in [4.78, 5) is 0. The Labute approximate surface area is 78.9 Å². The molecule has 0 aliphatic carbocycles. The smallest absolute Gasteiger partial charge is 0.116 e. The van der Waals surface area contributed by atoms with E-state index >= 15 is 0 Å². The van der Waals surface area contributed by atoms with Crippen LogP contribution in [0.2, 0.25) is 0 Å². The average molecular weight is 180 g/mol. The van der Waals surface area contributed by atoms with Crippen LogP contribution in [0.25, 0.3) is 0 Å². The van der Waals surface area contributed by atoms with Crippen molar-refractivity contribution in [3.05, 3.63) is 23.8 Å². The van der Waals surface area contributed by atoms with Crippen LogP contribution < -0.4 is 11.1 Å². The molecule has 0 aromatic heterocycles. The zero-order valence-electron chi connectivity index (χ0n) is 8.13. The third-order valence-electron chi connectivity index (χ3n) is 1.93. The van der Waals surface area contributed by atoms with Crippen LogP contribution in [0.4, 0.5) is 11.4 Å². The van der Waals surface area contributed by atoms with E-state index in [0.29, 0.717) is 6.73 Å². The first-order chi connectivity index (χ1) is 6.27. The second-order valence-electron chi connectivity index (χ2n) is 2.88. The lowest BCUT2D eigenvalue weighted by atomic mass is 10.1. The van der Waals surface area contributed by atoms with Gasteiger partial charge in [0.05, 0.1) is 11.4 Å². The predicted octanol–water partition coefficient (Wildman–Crippen LogP) is 1.85. The molecule has 0 aliphatic rings. The number of hydrogen-bond donors (Lipinski definition) is 2. The molecule has 0 saturated heterocycles. The van der Waals surface area contributed by atoms with Crippen LogP contribution in [0.5, 0.6) is 0 Å². The Balaban J connectivity index is 2.78. The second kappa shape index (κ2) is 4.72. The van der Waals surface area contributed by atoms with Crippen molar-refractivity contribution in [2.24, 2.45) is 0 Å². The highest BCUT2D eigenvalue weighted by Crippen LogP contribution is 2.19. The summed E-state index contributed by atoms with van der Waals surface area (Å²) in [5.74, 6) is 0. The van der Waals surface area contributed by atoms with Gasteiger partial charge in [0.1, 0.15) is 6.73 Å². The van der Waals surface area contributed by atoms with Crippen molar-refractivity contribution in [3.8, 4) is 0 Å². The average Bonchev–Trinajstić information content (AvgIpc) is 2.17. The normalized spacial score (nSPS) is 10.0. The molecule has 0 unspecified atom stereocenters. The van der Waals surface area contributed by atoms with E-state index in [4.69, 9.17) is 10.5 Å². The van der Waals surface area contributed by atoms with Gasteiger partial charge in [0, 0.05) is 7.11 Å². The van der Waals surface area contributed by atoms with E-state index in [-0.39, 0.29) is 0 Å². The van der Waals surface area contributed by atoms with Gasteiger partial charge >= 0.3 is 0 Å². The summed E-state index contributed by atoms with van der Waals surface area (Å²) in [6.07, 6.45) is 1.02. The molecule has 1 rings (SSSR count). The highest BCUT2D eigenvalue weighted by Gasteiger charge is 1.98. The number of nitrogens with one attached hydrogen (secondary N) is 1. The topological polar surface area (TPSA) is 47.3 Å². The first-order valence-electron chi connectivity index (χ1n) is 4.39. The molecule has 0 radical (unpaired) electrons. The maximum absolute atomic E-state index is 5.77. The third-order valence-corrected chi connectivity index (χ3v) is 1.93. The maximum atomic E-state index is 5.77. The van der Waals surface area contributed by atoms with Crippen LogP contribution in [0, 0.1) is 0 Å². The first-order valence-corrected chi connectivity index (χ1v) is 4.39. The summed E-state index contributed by atoms with van der Waals surface area (Å²) in [6, 6.07) is 6.00. The summed E-state index contributed by atoms with van der Waals surface area (Å²) in [5.41, 5.74) is 8.74. The quantitative estimate of drug-likeness (QED) is 0.549. The Morgan fingerprint density at radius 2 is 2.23 bits per heavy atom. The van der Waals surface area contributed by atoms with E-state index in [1.54, 1.807) is 7.11 Å². The minimum atomic E-state index is 0.483. The van der Waals surface area contributed by atoms with Crippen molar-refractivity contribution in [1.82, 2.24) is 0 Å². The van der Waals surface area contributed by atoms with Crippen molar-refractivity contribution in [1.29, 1.82) is 0 Å². The van der Waals surface area contributed by atoms with Crippen LogP contribution in [0.15, 0.2) is 18.2 Å². The van der Waals surface area contributed by atoms with E-state index in [9.17, 15) is 0 Å². The van der Waals surface area contributed by atoms with Gasteiger partial charge in [-0.1, -0.05) is 13.0 Å². The number of anilines is 2. The number of nitrogens with two attached hydrogens (primary N) is 1. The van der Waals surface area contributed by atoms with Crippen LogP contribution in [-0.4, -0.2) is 13.8 Å². The van der Waals surface area contributed by atoms with Gasteiger partial charge in [-0.25, -0.2) is 0 Å². The number of aryl methyl sites for hydroxylation is 1. The second-order valence-corrected chi connectivity index (χ2v) is 2.88. The molecule has 0 aliphatic heterocycles. The summed E-state index contributed by atoms with van der Waals surface area (Å²) in [5, 5.41) is 3.09. The maximum Gasteiger partial charge on any atom is 0.116 e. The van der Waals surface area contributed by atoms with Gasteiger partial charge in [-0.3, -0.25) is 0 Å². The molecule has 0 spiro atoms. The number of ether oxygens (including phenoxy) is 1. The molecule has 1 aromatic carbocycles. The molecule has 13 heavy (non-hydrogen) atoms. The fourth-order valence-corrected chi connectivity index (χ4v) is 1.13. The standard InChI is InChI=1S/C10H16N2O/c1-3-8-4-5-9(11)10(6-8)12-7-13-2/h4-6,12H,3,7,11H2,1-2H3. The van der Waals surface area contributed by atoms with E-state index < -0.39 is 0 Å². The lowest BCUT2D eigenvalue weighted by molar-refractivity contribution is 0.221. The number of methoxy groups -OCH3 is 1. The predicted molar refractivity (Wildman–Crippen MR) is 55.7 cm³/mol. The summed E-state index contributed by atoms with van der Waals surface area (Å²) < 4.78 is 4.91. The Morgan fingerprint density at radius 3 is 2.85 bits per heavy atom. The van der Waals surface area contributed by atoms with Gasteiger partial charge in [0.25, 0.3) is 0 Å². The largest absolute Gasteiger partial charge is 0.397 e. The molecule has 0 atom stereocenters. The SMILES string of the molecule is CCc1ccc(N)c(NCOC)c1. The molecule has 3 heteroatoms. The van der Waals surface area contributed by atoms with Crippen LogP contribution >= 0.6 is 0 Å². The van der Waals surface area contributed by atoms with Crippen molar-refractivity contribution >= 4 is 11.4 Å². The number of nitrogen functional groups attached to an aromatic ring is 1. The lowest BCUT2D eigenvalue weighted by Crippen LogP contribution is -2.05. The molecule has 3 nitrogen and oxygen atoms in total. The summed E-state index contributed by atoms with van der Waals surface area (Å²) in [6.45, 7) is 2.60. The summed E-state index contributed by atoms with van der Waals surface area (Å²) in [7, 11) is 1.65. The Hall–Kier alpha value is -1.22. The van der Waals surface area contributed by atoms with Crippen molar-refractivity contribution in [2.75, 3.05) is 24.9 Å². The molecule has 0 fully saturated rings. The molecule has 0 saturated carbocycles. The molecule has 1 aromatic rings. The molecule has 0 heterocycles. The number of hydrogen-bond acceptors (Lipinski definition) is 3. The Bertz CT molecular complexity index is 274. The van der Waals surface area contributed by atoms with Gasteiger partial charge in [-0.15, -0.1) is 0 Å². The molecular formula is C10H16N2O. The van der Waals surface area contributed by atoms with E-state index in [2.05, 4.69) is 12.2 Å². The van der Waals surface area contributed by atoms with E-state index in [1.807, 2.05) is 18.2 Å². The van der Waals surface area contributed by atoms with E-state index in [0.717, 1.165) is 17.8 Å². The molecule has 0 bridgehead atoms. The fraction of sp³-hybridized carbons (Fsp3) is 0.400. The van der Waals surface area contributed by atoms with Crippen molar-refractivity contribution < 1.29 is 4.74 Å². The van der Waals surface area contributed by atoms with Crippen LogP contribution in [-0.2, 0) is 11.2 Å².